The summed E-state index contributed by atoms with van der Waals surface area (Å²) < 4.78 is 1.78. The van der Waals surface area contributed by atoms with Gasteiger partial charge in [0.05, 0.1) is 0 Å². The van der Waals surface area contributed by atoms with E-state index in [0.29, 0.717) is 29.4 Å². The molecule has 6 rings (SSSR count). The second-order valence-corrected chi connectivity index (χ2v) is 11.5. The maximum atomic E-state index is 12.7. The Kier molecular flexibility index (Phi) is 4.47. The van der Waals surface area contributed by atoms with Crippen molar-refractivity contribution in [2.45, 2.75) is 71.3 Å². The van der Waals surface area contributed by atoms with Gasteiger partial charge in [0.1, 0.15) is 11.3 Å². The average molecular weight is 447 g/mol. The van der Waals surface area contributed by atoms with Crippen LogP contribution in [0.5, 0.6) is 0 Å². The molecule has 3 fully saturated rings. The molecule has 0 bridgehead atoms. The minimum Gasteiger partial charge on any atom is -0.338 e. The molecule has 6 heteroatoms. The number of aromatic nitrogens is 3. The molecule has 6 nitrogen and oxygen atoms in total. The molecule has 33 heavy (non-hydrogen) atoms. The van der Waals surface area contributed by atoms with Gasteiger partial charge in [0.2, 0.25) is 11.8 Å². The summed E-state index contributed by atoms with van der Waals surface area (Å²) in [6.07, 6.45) is 12.7. The lowest BCUT2D eigenvalue weighted by Gasteiger charge is -2.60. The number of carbonyl (C=O) groups is 2. The minimum atomic E-state index is 0.00000225. The fraction of sp³-hybridized carbons (Fsp3) is 0.630. The highest BCUT2D eigenvalue weighted by Gasteiger charge is 2.61. The van der Waals surface area contributed by atoms with E-state index in [-0.39, 0.29) is 28.6 Å². The molecule has 1 aliphatic heterocycles. The SMILES string of the molecule is CC(=O)n1c(C2CC[C@H]3[C@@H]4CC[C@H]5N(C)C(=O)C=C[C@]5(C)[C@H]4CC[C@]23C)nc2cccnc21. The van der Waals surface area contributed by atoms with Gasteiger partial charge in [-0.1, -0.05) is 19.9 Å². The van der Waals surface area contributed by atoms with Gasteiger partial charge in [-0.15, -0.1) is 0 Å². The van der Waals surface area contributed by atoms with Crippen LogP contribution in [0.2, 0.25) is 0 Å². The fourth-order valence-corrected chi connectivity index (χ4v) is 8.64. The summed E-state index contributed by atoms with van der Waals surface area (Å²) in [6, 6.07) is 4.17. The Hall–Kier alpha value is -2.50. The number of fused-ring (bicyclic) bond motifs is 6. The molecular weight excluding hydrogens is 412 g/mol. The maximum Gasteiger partial charge on any atom is 0.246 e. The molecule has 0 saturated heterocycles. The van der Waals surface area contributed by atoms with E-state index in [4.69, 9.17) is 4.98 Å². The second kappa shape index (κ2) is 7.00. The number of carbonyl (C=O) groups excluding carboxylic acids is 2. The van der Waals surface area contributed by atoms with E-state index in [2.05, 4.69) is 24.9 Å². The molecule has 7 atom stereocenters. The van der Waals surface area contributed by atoms with Gasteiger partial charge in [0.25, 0.3) is 0 Å². The van der Waals surface area contributed by atoms with Crippen LogP contribution in [-0.4, -0.2) is 44.3 Å². The number of pyridine rings is 1. The molecule has 4 aliphatic rings. The van der Waals surface area contributed by atoms with Crippen molar-refractivity contribution in [3.8, 4) is 0 Å². The highest BCUT2D eigenvalue weighted by molar-refractivity contribution is 5.89. The van der Waals surface area contributed by atoms with Gasteiger partial charge in [-0.25, -0.2) is 14.5 Å². The molecule has 0 spiro atoms. The summed E-state index contributed by atoms with van der Waals surface area (Å²) in [5.74, 6) is 3.24. The largest absolute Gasteiger partial charge is 0.338 e. The molecule has 0 N–H and O–H groups in total. The second-order valence-electron chi connectivity index (χ2n) is 11.5. The Balaban J connectivity index is 1.38. The van der Waals surface area contributed by atoms with Crippen molar-refractivity contribution in [2.24, 2.45) is 28.6 Å². The third kappa shape index (κ3) is 2.72. The van der Waals surface area contributed by atoms with E-state index in [9.17, 15) is 9.59 Å². The minimum absolute atomic E-state index is 0.00000225. The quantitative estimate of drug-likeness (QED) is 0.630. The lowest BCUT2D eigenvalue weighted by atomic mass is 9.47. The van der Waals surface area contributed by atoms with E-state index >= 15 is 0 Å². The summed E-state index contributed by atoms with van der Waals surface area (Å²) in [5, 5.41) is 0. The average Bonchev–Trinajstić information content (AvgIpc) is 3.34. The number of imidazole rings is 1. The normalized spacial score (nSPS) is 39.9. The van der Waals surface area contributed by atoms with Crippen molar-refractivity contribution in [3.63, 3.8) is 0 Å². The molecule has 3 saturated carbocycles. The monoisotopic (exact) mass is 446 g/mol. The summed E-state index contributed by atoms with van der Waals surface area (Å²) in [4.78, 5) is 36.5. The summed E-state index contributed by atoms with van der Waals surface area (Å²) in [6.45, 7) is 6.48. The molecule has 1 amide bonds. The van der Waals surface area contributed by atoms with Gasteiger partial charge < -0.3 is 4.90 Å². The zero-order chi connectivity index (χ0) is 23.1. The smallest absolute Gasteiger partial charge is 0.246 e. The van der Waals surface area contributed by atoms with E-state index in [1.807, 2.05) is 30.2 Å². The molecule has 3 heterocycles. The van der Waals surface area contributed by atoms with Gasteiger partial charge in [0.15, 0.2) is 5.65 Å². The molecule has 174 valence electrons. The van der Waals surface area contributed by atoms with Crippen LogP contribution in [0, 0.1) is 28.6 Å². The standard InChI is InChI=1S/C27H34N4O2/c1-16(32)31-24(29-21-6-5-15-28-25(21)31)20-9-8-18-17-7-10-22-27(3,14-12-23(33)30(22)4)19(17)11-13-26(18,20)2/h5-6,12,14-15,17-20,22H,7-11,13H2,1-4H3/t17-,18-,19-,20?,22+,26-,27+/m0/s1. The van der Waals surface area contributed by atoms with Crippen LogP contribution in [0.25, 0.3) is 11.2 Å². The van der Waals surface area contributed by atoms with Crippen LogP contribution < -0.4 is 0 Å². The predicted molar refractivity (Wildman–Crippen MR) is 127 cm³/mol. The molecule has 3 aliphatic carbocycles. The fourth-order valence-electron chi connectivity index (χ4n) is 8.64. The van der Waals surface area contributed by atoms with E-state index < -0.39 is 0 Å². The number of nitrogens with zero attached hydrogens (tertiary/aromatic N) is 4. The zero-order valence-corrected chi connectivity index (χ0v) is 20.1. The first-order valence-corrected chi connectivity index (χ1v) is 12.6. The first-order valence-electron chi connectivity index (χ1n) is 12.6. The lowest BCUT2D eigenvalue weighted by Crippen LogP contribution is -2.59. The Bertz CT molecular complexity index is 1180. The molecule has 1 unspecified atom stereocenters. The van der Waals surface area contributed by atoms with Crippen molar-refractivity contribution in [1.29, 1.82) is 0 Å². The Morgan fingerprint density at radius 1 is 1.12 bits per heavy atom. The van der Waals surface area contributed by atoms with Crippen molar-refractivity contribution in [1.82, 2.24) is 19.4 Å². The number of likely N-dealkylation sites (N-methyl/N-ethyl adjacent to an activating group) is 1. The van der Waals surface area contributed by atoms with Gasteiger partial charge in [-0.2, -0.15) is 0 Å². The Morgan fingerprint density at radius 3 is 2.73 bits per heavy atom. The highest BCUT2D eigenvalue weighted by atomic mass is 16.2. The van der Waals surface area contributed by atoms with Gasteiger partial charge in [-0.3, -0.25) is 9.59 Å². The van der Waals surface area contributed by atoms with Crippen molar-refractivity contribution < 1.29 is 9.59 Å². The third-order valence-corrected chi connectivity index (χ3v) is 10.2. The van der Waals surface area contributed by atoms with E-state index in [0.717, 1.165) is 30.6 Å². The van der Waals surface area contributed by atoms with Crippen LogP contribution >= 0.6 is 0 Å². The molecular formula is C27H34N4O2. The van der Waals surface area contributed by atoms with E-state index in [1.165, 1.54) is 19.3 Å². The van der Waals surface area contributed by atoms with Crippen LogP contribution in [0.4, 0.5) is 0 Å². The van der Waals surface area contributed by atoms with Crippen molar-refractivity contribution in [2.75, 3.05) is 7.05 Å². The van der Waals surface area contributed by atoms with Crippen LogP contribution in [0.3, 0.4) is 0 Å². The Morgan fingerprint density at radius 2 is 1.94 bits per heavy atom. The van der Waals surface area contributed by atoms with Crippen LogP contribution in [-0.2, 0) is 4.79 Å². The Labute approximate surface area is 195 Å². The maximum absolute atomic E-state index is 12.7. The number of rotatable bonds is 1. The van der Waals surface area contributed by atoms with Gasteiger partial charge in [-0.05, 0) is 79.9 Å². The molecule has 0 aromatic carbocycles. The zero-order valence-electron chi connectivity index (χ0n) is 20.1. The topological polar surface area (TPSA) is 68.1 Å². The summed E-state index contributed by atoms with van der Waals surface area (Å²) >= 11 is 0. The summed E-state index contributed by atoms with van der Waals surface area (Å²) in [7, 11) is 1.98. The van der Waals surface area contributed by atoms with Crippen molar-refractivity contribution >= 4 is 23.0 Å². The molecule has 2 aromatic rings. The van der Waals surface area contributed by atoms with Gasteiger partial charge in [0, 0.05) is 37.5 Å². The predicted octanol–water partition coefficient (Wildman–Crippen LogP) is 4.81. The van der Waals surface area contributed by atoms with Gasteiger partial charge >= 0.3 is 0 Å². The number of hydrogen-bond donors (Lipinski definition) is 0. The summed E-state index contributed by atoms with van der Waals surface area (Å²) in [5.41, 5.74) is 1.70. The number of amides is 1. The highest BCUT2D eigenvalue weighted by Crippen LogP contribution is 2.67. The first-order chi connectivity index (χ1) is 15.8. The van der Waals surface area contributed by atoms with E-state index in [1.54, 1.807) is 17.7 Å². The van der Waals surface area contributed by atoms with Crippen molar-refractivity contribution in [3.05, 3.63) is 36.3 Å². The van der Waals surface area contributed by atoms with Crippen LogP contribution in [0.15, 0.2) is 30.5 Å². The molecule has 2 aromatic heterocycles. The first kappa shape index (κ1) is 21.1. The van der Waals surface area contributed by atoms with Crippen LogP contribution in [0.1, 0.15) is 75.8 Å². The third-order valence-electron chi connectivity index (χ3n) is 10.2. The molecule has 0 radical (unpaired) electrons. The lowest BCUT2D eigenvalue weighted by molar-refractivity contribution is -0.138. The number of hydrogen-bond acceptors (Lipinski definition) is 4.